The third-order valence-electron chi connectivity index (χ3n) is 0.379. The molecule has 0 aromatic heterocycles. The van der Waals surface area contributed by atoms with Gasteiger partial charge in [-0.05, 0) is 0 Å². The molecule has 7 nitrogen and oxygen atoms in total. The number of nitrogens with zero attached hydrogens (tertiary/aromatic N) is 1. The zero-order chi connectivity index (χ0) is 7.49. The summed E-state index contributed by atoms with van der Waals surface area (Å²) in [6, 6.07) is 0. The Morgan fingerprint density at radius 2 is 2.11 bits per heavy atom. The van der Waals surface area contributed by atoms with E-state index in [4.69, 9.17) is 16.4 Å². The Kier molecular flexibility index (Phi) is 2.60. The van der Waals surface area contributed by atoms with Gasteiger partial charge in [0.1, 0.15) is 0 Å². The molecule has 0 amide bonds. The number of rotatable bonds is 2. The van der Waals surface area contributed by atoms with Crippen LogP contribution in [0.4, 0.5) is 0 Å². The molecule has 0 bridgehead atoms. The summed E-state index contributed by atoms with van der Waals surface area (Å²) in [5, 5.41) is 0. The third kappa shape index (κ3) is 3.92. The van der Waals surface area contributed by atoms with Gasteiger partial charge in [0.2, 0.25) is 0 Å². The van der Waals surface area contributed by atoms with Gasteiger partial charge in [-0.1, -0.05) is 0 Å². The maximum Gasteiger partial charge on any atom is 0.470 e. The molecule has 0 aromatic carbocycles. The van der Waals surface area contributed by atoms with Crippen molar-refractivity contribution in [1.82, 2.24) is 0 Å². The largest absolute Gasteiger partial charge is 0.470 e. The SMILES string of the molecule is NOP(=O)(O)N=C(N)N. The fourth-order valence-electron chi connectivity index (χ4n) is 0.169. The fraction of sp³-hybridized carbons (Fsp3) is 0. The van der Waals surface area contributed by atoms with Crippen molar-refractivity contribution in [3.05, 3.63) is 0 Å². The summed E-state index contributed by atoms with van der Waals surface area (Å²) in [4.78, 5) is 8.35. The van der Waals surface area contributed by atoms with E-state index in [0.717, 1.165) is 0 Å². The molecule has 1 atom stereocenters. The van der Waals surface area contributed by atoms with Crippen LogP contribution in [0.25, 0.3) is 0 Å². The van der Waals surface area contributed by atoms with Crippen molar-refractivity contribution in [2.45, 2.75) is 0 Å². The highest BCUT2D eigenvalue weighted by Crippen LogP contribution is 2.40. The second kappa shape index (κ2) is 2.79. The third-order valence-corrected chi connectivity index (χ3v) is 1.14. The van der Waals surface area contributed by atoms with E-state index < -0.39 is 13.7 Å². The van der Waals surface area contributed by atoms with E-state index in [2.05, 4.69) is 15.3 Å². The Balaban J connectivity index is 4.20. The van der Waals surface area contributed by atoms with E-state index in [1.54, 1.807) is 0 Å². The van der Waals surface area contributed by atoms with Gasteiger partial charge >= 0.3 is 7.75 Å². The van der Waals surface area contributed by atoms with Crippen LogP contribution in [0.3, 0.4) is 0 Å². The smallest absolute Gasteiger partial charge is 0.370 e. The zero-order valence-electron chi connectivity index (χ0n) is 4.39. The lowest BCUT2D eigenvalue weighted by Crippen LogP contribution is -2.22. The standard InChI is InChI=1S/CH7N4O3P/c2-1(3)5-9(6,7)8-4/h4H2,(H5,2,3,5,6,7). The average Bonchev–Trinajstić information content (AvgIpc) is 1.63. The van der Waals surface area contributed by atoms with Crippen molar-refractivity contribution in [3.8, 4) is 0 Å². The summed E-state index contributed by atoms with van der Waals surface area (Å²) < 4.78 is 16.5. The molecule has 0 fully saturated rings. The Morgan fingerprint density at radius 3 is 2.22 bits per heavy atom. The Hall–Kier alpha value is -0.620. The van der Waals surface area contributed by atoms with Gasteiger partial charge in [-0.3, -0.25) is 0 Å². The van der Waals surface area contributed by atoms with Crippen molar-refractivity contribution in [2.75, 3.05) is 0 Å². The predicted molar refractivity (Wildman–Crippen MR) is 30.9 cm³/mol. The van der Waals surface area contributed by atoms with Crippen LogP contribution in [0.15, 0.2) is 4.76 Å². The Labute approximate surface area is 51.0 Å². The lowest BCUT2D eigenvalue weighted by Gasteiger charge is -1.99. The summed E-state index contributed by atoms with van der Waals surface area (Å²) >= 11 is 0. The van der Waals surface area contributed by atoms with Crippen molar-refractivity contribution in [2.24, 2.45) is 22.1 Å². The van der Waals surface area contributed by atoms with E-state index in [-0.39, 0.29) is 0 Å². The lowest BCUT2D eigenvalue weighted by molar-refractivity contribution is 0.269. The molecule has 0 aliphatic carbocycles. The van der Waals surface area contributed by atoms with Crippen LogP contribution in [0.2, 0.25) is 0 Å². The van der Waals surface area contributed by atoms with E-state index in [0.29, 0.717) is 0 Å². The second-order valence-corrected chi connectivity index (χ2v) is 2.51. The highest BCUT2D eigenvalue weighted by atomic mass is 31.2. The highest BCUT2D eigenvalue weighted by Gasteiger charge is 2.15. The van der Waals surface area contributed by atoms with Gasteiger partial charge < -0.3 is 16.4 Å². The summed E-state index contributed by atoms with van der Waals surface area (Å²) in [5.41, 5.74) is 9.43. The number of hydrogen-bond donors (Lipinski definition) is 4. The molecule has 7 N–H and O–H groups in total. The van der Waals surface area contributed by atoms with Crippen molar-refractivity contribution in [1.29, 1.82) is 0 Å². The van der Waals surface area contributed by atoms with Crippen LogP contribution in [0, 0.1) is 0 Å². The van der Waals surface area contributed by atoms with Crippen LogP contribution >= 0.6 is 7.75 Å². The monoisotopic (exact) mass is 154 g/mol. The van der Waals surface area contributed by atoms with E-state index >= 15 is 0 Å². The van der Waals surface area contributed by atoms with Crippen LogP contribution in [-0.4, -0.2) is 10.9 Å². The molecule has 0 aliphatic heterocycles. The minimum absolute atomic E-state index is 0.550. The zero-order valence-corrected chi connectivity index (χ0v) is 5.28. The molecule has 9 heavy (non-hydrogen) atoms. The van der Waals surface area contributed by atoms with Gasteiger partial charge in [0, 0.05) is 0 Å². The lowest BCUT2D eigenvalue weighted by atomic mass is 11.1. The minimum Gasteiger partial charge on any atom is -0.370 e. The van der Waals surface area contributed by atoms with Gasteiger partial charge in [0.15, 0.2) is 5.96 Å². The summed E-state index contributed by atoms with van der Waals surface area (Å²) in [7, 11) is -4.11. The van der Waals surface area contributed by atoms with Gasteiger partial charge in [-0.2, -0.15) is 0 Å². The maximum absolute atomic E-state index is 10.3. The van der Waals surface area contributed by atoms with Gasteiger partial charge in [0.05, 0.1) is 0 Å². The van der Waals surface area contributed by atoms with E-state index in [1.165, 1.54) is 0 Å². The van der Waals surface area contributed by atoms with Crippen molar-refractivity contribution in [3.63, 3.8) is 0 Å². The quantitative estimate of drug-likeness (QED) is 0.161. The van der Waals surface area contributed by atoms with Crippen molar-refractivity contribution >= 4 is 13.7 Å². The normalized spacial score (nSPS) is 16.2. The molecule has 0 rings (SSSR count). The highest BCUT2D eigenvalue weighted by molar-refractivity contribution is 7.51. The van der Waals surface area contributed by atoms with Crippen LogP contribution in [0.5, 0.6) is 0 Å². The van der Waals surface area contributed by atoms with E-state index in [9.17, 15) is 4.57 Å². The minimum atomic E-state index is -4.11. The molecule has 8 heteroatoms. The van der Waals surface area contributed by atoms with Gasteiger partial charge in [-0.15, -0.1) is 4.76 Å². The predicted octanol–water partition coefficient (Wildman–Crippen LogP) is -1.75. The van der Waals surface area contributed by atoms with Crippen molar-refractivity contribution < 1.29 is 14.1 Å². The first-order valence-electron chi connectivity index (χ1n) is 1.80. The van der Waals surface area contributed by atoms with E-state index in [1.807, 2.05) is 0 Å². The summed E-state index contributed by atoms with van der Waals surface area (Å²) in [5.74, 6) is 3.77. The topological polar surface area (TPSA) is 137 Å². The molecular weight excluding hydrogens is 147 g/mol. The van der Waals surface area contributed by atoms with Crippen LogP contribution in [-0.2, 0) is 9.19 Å². The first-order valence-corrected chi connectivity index (χ1v) is 3.33. The Morgan fingerprint density at radius 1 is 1.67 bits per heavy atom. The summed E-state index contributed by atoms with van der Waals surface area (Å²) in [6.45, 7) is 0. The van der Waals surface area contributed by atoms with Gasteiger partial charge in [-0.25, -0.2) is 15.1 Å². The molecule has 1 unspecified atom stereocenters. The van der Waals surface area contributed by atoms with Crippen LogP contribution < -0.4 is 17.4 Å². The number of hydrogen-bond acceptors (Lipinski definition) is 3. The molecule has 0 aromatic rings. The number of nitrogens with two attached hydrogens (primary N) is 3. The molecule has 0 saturated carbocycles. The van der Waals surface area contributed by atoms with Gasteiger partial charge in [0.25, 0.3) is 0 Å². The molecule has 0 radical (unpaired) electrons. The average molecular weight is 154 g/mol. The molecule has 0 spiro atoms. The molecule has 0 aliphatic rings. The number of guanidine groups is 1. The fourth-order valence-corrected chi connectivity index (χ4v) is 0.508. The second-order valence-electron chi connectivity index (χ2n) is 1.12. The summed E-state index contributed by atoms with van der Waals surface area (Å²) in [6.07, 6.45) is 0. The first-order chi connectivity index (χ1) is 3.98. The first kappa shape index (κ1) is 8.38. The Bertz CT molecular complexity index is 161. The molecule has 54 valence electrons. The molecular formula is CH7N4O3P. The molecule has 0 heterocycles. The maximum atomic E-state index is 10.3. The molecule has 0 saturated heterocycles. The van der Waals surface area contributed by atoms with Crippen LogP contribution in [0.1, 0.15) is 0 Å².